The van der Waals surface area contributed by atoms with Crippen LogP contribution in [-0.4, -0.2) is 27.1 Å². The third-order valence-corrected chi connectivity index (χ3v) is 3.93. The third kappa shape index (κ3) is 4.30. The van der Waals surface area contributed by atoms with Crippen LogP contribution in [0.5, 0.6) is 5.75 Å². The van der Waals surface area contributed by atoms with E-state index in [-0.39, 0.29) is 5.75 Å². The van der Waals surface area contributed by atoms with E-state index in [1.807, 2.05) is 0 Å². The summed E-state index contributed by atoms with van der Waals surface area (Å²) in [6.45, 7) is 0.321. The topological polar surface area (TPSA) is 66.0 Å². The highest BCUT2D eigenvalue weighted by molar-refractivity contribution is 7.99. The van der Waals surface area contributed by atoms with Gasteiger partial charge < -0.3 is 10.5 Å². The molecule has 0 fully saturated rings. The van der Waals surface area contributed by atoms with Gasteiger partial charge in [-0.25, -0.2) is 0 Å². The minimum atomic E-state index is -4.36. The standard InChI is InChI=1S/C13H15F3N4OS/c1-20-11(17)18-19-12(20)22-7-3-6-21-10-5-2-4-9(8-10)13(14,15)16/h2,4-5,8H,3,6-7H2,1H3,(H2,17,18). The first-order chi connectivity index (χ1) is 10.4. The number of ether oxygens (including phenoxy) is 1. The van der Waals surface area contributed by atoms with Crippen LogP contribution in [-0.2, 0) is 13.2 Å². The highest BCUT2D eigenvalue weighted by Crippen LogP contribution is 2.31. The van der Waals surface area contributed by atoms with Crippen LogP contribution < -0.4 is 10.5 Å². The van der Waals surface area contributed by atoms with Crippen LogP contribution in [0.1, 0.15) is 12.0 Å². The molecule has 5 nitrogen and oxygen atoms in total. The van der Waals surface area contributed by atoms with Crippen LogP contribution in [0, 0.1) is 0 Å². The summed E-state index contributed by atoms with van der Waals surface area (Å²) in [6, 6.07) is 4.85. The Bertz CT molecular complexity index is 630. The maximum absolute atomic E-state index is 12.6. The second kappa shape index (κ2) is 6.91. The van der Waals surface area contributed by atoms with Crippen LogP contribution in [0.4, 0.5) is 19.1 Å². The molecule has 0 atom stereocenters. The maximum Gasteiger partial charge on any atom is 0.416 e. The molecule has 0 unspecified atom stereocenters. The van der Waals surface area contributed by atoms with Crippen molar-refractivity contribution in [3.8, 4) is 5.75 Å². The third-order valence-electron chi connectivity index (χ3n) is 2.82. The van der Waals surface area contributed by atoms with Crippen molar-refractivity contribution < 1.29 is 17.9 Å². The summed E-state index contributed by atoms with van der Waals surface area (Å²) in [5.74, 6) is 1.25. The number of nitrogen functional groups attached to an aromatic ring is 1. The number of thioether (sulfide) groups is 1. The lowest BCUT2D eigenvalue weighted by Gasteiger charge is -2.10. The fraction of sp³-hybridized carbons (Fsp3) is 0.385. The number of hydrogen-bond donors (Lipinski definition) is 1. The largest absolute Gasteiger partial charge is 0.494 e. The lowest BCUT2D eigenvalue weighted by Crippen LogP contribution is -2.06. The summed E-state index contributed by atoms with van der Waals surface area (Å²) in [5.41, 5.74) is 4.84. The van der Waals surface area contributed by atoms with Crippen LogP contribution in [0.3, 0.4) is 0 Å². The molecule has 1 heterocycles. The first kappa shape index (κ1) is 16.5. The molecule has 0 saturated heterocycles. The van der Waals surface area contributed by atoms with Gasteiger partial charge >= 0.3 is 6.18 Å². The van der Waals surface area contributed by atoms with Crippen molar-refractivity contribution in [2.45, 2.75) is 17.8 Å². The molecule has 2 rings (SSSR count). The van der Waals surface area contributed by atoms with Crippen molar-refractivity contribution in [3.05, 3.63) is 29.8 Å². The number of hydrogen-bond acceptors (Lipinski definition) is 5. The Hall–Kier alpha value is -1.90. The monoisotopic (exact) mass is 332 g/mol. The van der Waals surface area contributed by atoms with E-state index in [0.29, 0.717) is 29.9 Å². The lowest BCUT2D eigenvalue weighted by molar-refractivity contribution is -0.137. The van der Waals surface area contributed by atoms with Gasteiger partial charge in [0, 0.05) is 12.8 Å². The number of aromatic nitrogens is 3. The molecular weight excluding hydrogens is 317 g/mol. The predicted molar refractivity (Wildman–Crippen MR) is 77.7 cm³/mol. The van der Waals surface area contributed by atoms with E-state index in [4.69, 9.17) is 10.5 Å². The fourth-order valence-corrected chi connectivity index (χ4v) is 2.46. The smallest absolute Gasteiger partial charge is 0.416 e. The van der Waals surface area contributed by atoms with E-state index in [2.05, 4.69) is 10.2 Å². The van der Waals surface area contributed by atoms with E-state index < -0.39 is 11.7 Å². The van der Waals surface area contributed by atoms with Gasteiger partial charge in [0.1, 0.15) is 5.75 Å². The molecule has 22 heavy (non-hydrogen) atoms. The molecule has 0 bridgehead atoms. The molecule has 9 heteroatoms. The second-order valence-corrected chi connectivity index (χ2v) is 5.54. The number of alkyl halides is 3. The normalized spacial score (nSPS) is 11.6. The molecule has 0 aliphatic heterocycles. The molecule has 120 valence electrons. The van der Waals surface area contributed by atoms with Gasteiger partial charge in [-0.15, -0.1) is 10.2 Å². The summed E-state index contributed by atoms with van der Waals surface area (Å²) in [5, 5.41) is 8.31. The van der Waals surface area contributed by atoms with E-state index in [1.165, 1.54) is 23.9 Å². The molecule has 2 N–H and O–H groups in total. The number of halogens is 3. The van der Waals surface area contributed by atoms with Crippen LogP contribution in [0.2, 0.25) is 0 Å². The molecule has 0 aliphatic carbocycles. The van der Waals surface area contributed by atoms with Crippen molar-refractivity contribution >= 4 is 17.7 Å². The van der Waals surface area contributed by atoms with Crippen LogP contribution in [0.25, 0.3) is 0 Å². The first-order valence-corrected chi connectivity index (χ1v) is 7.44. The highest BCUT2D eigenvalue weighted by Gasteiger charge is 2.30. The zero-order chi connectivity index (χ0) is 16.2. The van der Waals surface area contributed by atoms with E-state index >= 15 is 0 Å². The Morgan fingerprint density at radius 2 is 2.09 bits per heavy atom. The van der Waals surface area contributed by atoms with Crippen LogP contribution >= 0.6 is 11.8 Å². The molecule has 0 amide bonds. The zero-order valence-electron chi connectivity index (χ0n) is 11.8. The van der Waals surface area contributed by atoms with Gasteiger partial charge in [0.05, 0.1) is 12.2 Å². The molecule has 1 aromatic carbocycles. The molecule has 0 radical (unpaired) electrons. The number of rotatable bonds is 6. The Morgan fingerprint density at radius 3 is 2.73 bits per heavy atom. The van der Waals surface area contributed by atoms with Gasteiger partial charge in [-0.05, 0) is 24.6 Å². The molecule has 0 spiro atoms. The van der Waals surface area contributed by atoms with Crippen molar-refractivity contribution in [2.75, 3.05) is 18.1 Å². The molecule has 0 aliphatic rings. The number of nitrogens with zero attached hydrogens (tertiary/aromatic N) is 3. The van der Waals surface area contributed by atoms with E-state index in [0.717, 1.165) is 12.1 Å². The highest BCUT2D eigenvalue weighted by atomic mass is 32.2. The lowest BCUT2D eigenvalue weighted by atomic mass is 10.2. The quantitative estimate of drug-likeness (QED) is 0.651. The van der Waals surface area contributed by atoms with Crippen molar-refractivity contribution in [1.29, 1.82) is 0 Å². The number of benzene rings is 1. The minimum Gasteiger partial charge on any atom is -0.494 e. The molecular formula is C13H15F3N4OS. The fourth-order valence-electron chi connectivity index (χ4n) is 1.63. The van der Waals surface area contributed by atoms with Gasteiger partial charge in [0.2, 0.25) is 5.95 Å². The summed E-state index contributed by atoms with van der Waals surface area (Å²) < 4.78 is 44.7. The summed E-state index contributed by atoms with van der Waals surface area (Å²) >= 11 is 1.46. The van der Waals surface area contributed by atoms with Crippen molar-refractivity contribution in [3.63, 3.8) is 0 Å². The van der Waals surface area contributed by atoms with Crippen molar-refractivity contribution in [1.82, 2.24) is 14.8 Å². The van der Waals surface area contributed by atoms with Gasteiger partial charge in [0.25, 0.3) is 0 Å². The number of nitrogens with two attached hydrogens (primary N) is 1. The SMILES string of the molecule is Cn1c(N)nnc1SCCCOc1cccc(C(F)(F)F)c1. The predicted octanol–water partition coefficient (Wildman–Crippen LogP) is 2.98. The maximum atomic E-state index is 12.6. The average molecular weight is 332 g/mol. The first-order valence-electron chi connectivity index (χ1n) is 6.45. The van der Waals surface area contributed by atoms with Gasteiger partial charge in [-0.1, -0.05) is 17.8 Å². The Balaban J connectivity index is 1.76. The summed E-state index contributed by atoms with van der Waals surface area (Å²) in [6.07, 6.45) is -3.70. The van der Waals surface area contributed by atoms with Gasteiger partial charge in [0.15, 0.2) is 5.16 Å². The minimum absolute atomic E-state index is 0.211. The Kier molecular flexibility index (Phi) is 5.17. The Labute approximate surface area is 129 Å². The van der Waals surface area contributed by atoms with Gasteiger partial charge in [-0.2, -0.15) is 13.2 Å². The van der Waals surface area contributed by atoms with Crippen LogP contribution in [0.15, 0.2) is 29.4 Å². The second-order valence-electron chi connectivity index (χ2n) is 4.48. The van der Waals surface area contributed by atoms with E-state index in [1.54, 1.807) is 11.6 Å². The zero-order valence-corrected chi connectivity index (χ0v) is 12.6. The van der Waals surface area contributed by atoms with E-state index in [9.17, 15) is 13.2 Å². The molecule has 0 saturated carbocycles. The average Bonchev–Trinajstić information content (AvgIpc) is 2.78. The Morgan fingerprint density at radius 1 is 1.32 bits per heavy atom. The molecule has 1 aromatic heterocycles. The summed E-state index contributed by atoms with van der Waals surface area (Å²) in [4.78, 5) is 0. The number of anilines is 1. The van der Waals surface area contributed by atoms with Gasteiger partial charge in [-0.3, -0.25) is 4.57 Å². The van der Waals surface area contributed by atoms with Crippen molar-refractivity contribution in [2.24, 2.45) is 7.05 Å². The molecule has 2 aromatic rings. The summed E-state index contributed by atoms with van der Waals surface area (Å²) in [7, 11) is 1.76.